The highest BCUT2D eigenvalue weighted by molar-refractivity contribution is 5.87. The molecule has 0 aromatic carbocycles. The molecule has 0 aliphatic carbocycles. The molecular formula is C26H40O15. The summed E-state index contributed by atoms with van der Waals surface area (Å²) in [7, 11) is 0. The Kier molecular flexibility index (Phi) is 15.6. The quantitative estimate of drug-likeness (QED) is 0.192. The molecule has 0 N–H and O–H groups in total. The van der Waals surface area contributed by atoms with Crippen LogP contribution in [0.2, 0.25) is 0 Å². The molecule has 15 heteroatoms. The van der Waals surface area contributed by atoms with Crippen LogP contribution in [0, 0.1) is 0 Å². The van der Waals surface area contributed by atoms with Crippen LogP contribution in [0.5, 0.6) is 0 Å². The number of hydrogen-bond acceptors (Lipinski definition) is 15. The van der Waals surface area contributed by atoms with Crippen molar-refractivity contribution in [2.75, 3.05) is 13.2 Å². The van der Waals surface area contributed by atoms with Gasteiger partial charge in [-0.05, 0) is 69.2 Å². The van der Waals surface area contributed by atoms with Crippen LogP contribution in [0.3, 0.4) is 0 Å². The van der Waals surface area contributed by atoms with E-state index in [0.717, 1.165) is 13.8 Å². The molecule has 6 atom stereocenters. The largest absolute Gasteiger partial charge is 0.463 e. The molecule has 0 saturated carbocycles. The van der Waals surface area contributed by atoms with E-state index in [2.05, 4.69) is 0 Å². The maximum absolute atomic E-state index is 12.3. The molecule has 0 aromatic heterocycles. The lowest BCUT2D eigenvalue weighted by Crippen LogP contribution is -2.39. The summed E-state index contributed by atoms with van der Waals surface area (Å²) in [6.07, 6.45) is -8.58. The predicted octanol–water partition coefficient (Wildman–Crippen LogP) is 0.955. The summed E-state index contributed by atoms with van der Waals surface area (Å²) < 4.78 is 39.3. The fraction of sp³-hybridized carbons (Fsp3) is 0.731. The van der Waals surface area contributed by atoms with Crippen LogP contribution in [0.15, 0.2) is 0 Å². The maximum atomic E-state index is 12.3. The minimum atomic E-state index is -1.53. The third kappa shape index (κ3) is 15.0. The van der Waals surface area contributed by atoms with Crippen LogP contribution >= 0.6 is 0 Å². The zero-order valence-electron chi connectivity index (χ0n) is 25.0. The highest BCUT2D eigenvalue weighted by Gasteiger charge is 2.32. The van der Waals surface area contributed by atoms with E-state index in [1.165, 1.54) is 27.7 Å². The molecule has 0 saturated heterocycles. The highest BCUT2D eigenvalue weighted by atomic mass is 16.7. The molecular weight excluding hydrogens is 552 g/mol. The van der Waals surface area contributed by atoms with Crippen molar-refractivity contribution in [1.82, 2.24) is 0 Å². The number of hydrogen-bond donors (Lipinski definition) is 0. The molecule has 0 heterocycles. The van der Waals surface area contributed by atoms with Gasteiger partial charge >= 0.3 is 41.8 Å². The van der Waals surface area contributed by atoms with Crippen molar-refractivity contribution in [3.8, 4) is 0 Å². The summed E-state index contributed by atoms with van der Waals surface area (Å²) in [6, 6.07) is 0. The van der Waals surface area contributed by atoms with E-state index in [4.69, 9.17) is 37.9 Å². The lowest BCUT2D eigenvalue weighted by atomic mass is 10.2. The van der Waals surface area contributed by atoms with Gasteiger partial charge in [0.15, 0.2) is 36.6 Å². The lowest BCUT2D eigenvalue weighted by molar-refractivity contribution is -0.188. The first-order valence-corrected chi connectivity index (χ1v) is 12.8. The summed E-state index contributed by atoms with van der Waals surface area (Å²) in [5.41, 5.74) is -0.603. The van der Waals surface area contributed by atoms with Crippen molar-refractivity contribution in [3.63, 3.8) is 0 Å². The zero-order chi connectivity index (χ0) is 32.1. The van der Waals surface area contributed by atoms with Gasteiger partial charge < -0.3 is 37.9 Å². The Morgan fingerprint density at radius 3 is 1.02 bits per heavy atom. The summed E-state index contributed by atoms with van der Waals surface area (Å²) in [5, 5.41) is 0. The van der Waals surface area contributed by atoms with E-state index in [0.29, 0.717) is 0 Å². The summed E-state index contributed by atoms with van der Waals surface area (Å²) in [5.74, 6) is -7.08. The fourth-order valence-corrected chi connectivity index (χ4v) is 2.41. The molecule has 234 valence electrons. The molecule has 41 heavy (non-hydrogen) atoms. The SMILES string of the molecule is CCOC(=O)C(C)OC(=O)C(C)OC(=O)C(C)OC(=O)C(C)OC(=O)C(C)OC(=O)C(C)OC(=O)COC(C)(C)C. The van der Waals surface area contributed by atoms with Gasteiger partial charge in [0, 0.05) is 0 Å². The van der Waals surface area contributed by atoms with E-state index < -0.39 is 90.6 Å². The third-order valence-electron chi connectivity index (χ3n) is 4.67. The first kappa shape index (κ1) is 37.2. The second-order valence-electron chi connectivity index (χ2n) is 9.68. The molecule has 15 nitrogen and oxygen atoms in total. The van der Waals surface area contributed by atoms with Gasteiger partial charge in [0.25, 0.3) is 0 Å². The normalized spacial score (nSPS) is 15.5. The Morgan fingerprint density at radius 1 is 0.488 bits per heavy atom. The average molecular weight is 593 g/mol. The number of carbonyl (C=O) groups excluding carboxylic acids is 7. The van der Waals surface area contributed by atoms with Gasteiger partial charge in [0.1, 0.15) is 6.61 Å². The lowest BCUT2D eigenvalue weighted by Gasteiger charge is -2.21. The van der Waals surface area contributed by atoms with Gasteiger partial charge in [-0.3, -0.25) is 0 Å². The predicted molar refractivity (Wildman–Crippen MR) is 136 cm³/mol. The zero-order valence-corrected chi connectivity index (χ0v) is 25.0. The van der Waals surface area contributed by atoms with Gasteiger partial charge in [0.2, 0.25) is 0 Å². The molecule has 0 bridgehead atoms. The molecule has 0 radical (unpaired) electrons. The Labute approximate surface area is 238 Å². The second-order valence-corrected chi connectivity index (χ2v) is 9.68. The Balaban J connectivity index is 4.71. The summed E-state index contributed by atoms with van der Waals surface area (Å²) in [6.45, 7) is 13.6. The van der Waals surface area contributed by atoms with Crippen molar-refractivity contribution in [2.45, 2.75) is 111 Å². The van der Waals surface area contributed by atoms with E-state index in [9.17, 15) is 33.6 Å². The Hall–Kier alpha value is -3.75. The van der Waals surface area contributed by atoms with Crippen LogP contribution in [0.25, 0.3) is 0 Å². The van der Waals surface area contributed by atoms with Crippen molar-refractivity contribution >= 4 is 41.8 Å². The van der Waals surface area contributed by atoms with Gasteiger partial charge in [-0.15, -0.1) is 0 Å². The minimum absolute atomic E-state index is 0.0798. The van der Waals surface area contributed by atoms with Crippen LogP contribution in [-0.4, -0.2) is 97.2 Å². The third-order valence-corrected chi connectivity index (χ3v) is 4.67. The molecule has 0 spiro atoms. The molecule has 0 amide bonds. The Morgan fingerprint density at radius 2 is 0.756 bits per heavy atom. The van der Waals surface area contributed by atoms with E-state index in [1.807, 2.05) is 0 Å². The van der Waals surface area contributed by atoms with Crippen LogP contribution in [-0.2, 0) is 71.5 Å². The number of ether oxygens (including phenoxy) is 8. The van der Waals surface area contributed by atoms with Crippen LogP contribution < -0.4 is 0 Å². The van der Waals surface area contributed by atoms with Crippen molar-refractivity contribution in [1.29, 1.82) is 0 Å². The standard InChI is InChI=1S/C26H40O15/c1-11-34-20(28)13(2)37-22(30)15(4)39-24(32)17(6)41-25(33)18(7)40-23(31)16(5)38-21(29)14(3)36-19(27)12-35-26(8,9)10/h13-18H,11-12H2,1-10H3. The fourth-order valence-electron chi connectivity index (χ4n) is 2.41. The first-order valence-electron chi connectivity index (χ1n) is 12.8. The van der Waals surface area contributed by atoms with Crippen molar-refractivity contribution in [3.05, 3.63) is 0 Å². The molecule has 6 unspecified atom stereocenters. The molecule has 0 aromatic rings. The van der Waals surface area contributed by atoms with E-state index in [-0.39, 0.29) is 6.61 Å². The molecule has 0 rings (SSSR count). The van der Waals surface area contributed by atoms with Crippen molar-refractivity contribution < 1.29 is 71.5 Å². The number of carbonyl (C=O) groups is 7. The number of esters is 7. The molecule has 0 aliphatic rings. The second kappa shape index (κ2) is 17.1. The van der Waals surface area contributed by atoms with E-state index >= 15 is 0 Å². The summed E-state index contributed by atoms with van der Waals surface area (Å²) >= 11 is 0. The first-order chi connectivity index (χ1) is 18.8. The van der Waals surface area contributed by atoms with Gasteiger partial charge in [-0.25, -0.2) is 33.6 Å². The van der Waals surface area contributed by atoms with Gasteiger partial charge in [0.05, 0.1) is 12.2 Å². The highest BCUT2D eigenvalue weighted by Crippen LogP contribution is 2.10. The van der Waals surface area contributed by atoms with E-state index in [1.54, 1.807) is 27.7 Å². The maximum Gasteiger partial charge on any atom is 0.347 e. The van der Waals surface area contributed by atoms with Crippen LogP contribution in [0.4, 0.5) is 0 Å². The van der Waals surface area contributed by atoms with Crippen molar-refractivity contribution in [2.24, 2.45) is 0 Å². The summed E-state index contributed by atoms with van der Waals surface area (Å²) in [4.78, 5) is 84.3. The monoisotopic (exact) mass is 592 g/mol. The minimum Gasteiger partial charge on any atom is -0.463 e. The van der Waals surface area contributed by atoms with Crippen LogP contribution in [0.1, 0.15) is 69.2 Å². The topological polar surface area (TPSA) is 193 Å². The smallest absolute Gasteiger partial charge is 0.347 e. The Bertz CT molecular complexity index is 951. The van der Waals surface area contributed by atoms with Gasteiger partial charge in [-0.1, -0.05) is 0 Å². The average Bonchev–Trinajstić information content (AvgIpc) is 2.86. The molecule has 0 aliphatic heterocycles. The number of rotatable bonds is 15. The molecule has 0 fully saturated rings. The van der Waals surface area contributed by atoms with Gasteiger partial charge in [-0.2, -0.15) is 0 Å².